The molecule has 0 saturated heterocycles. The van der Waals surface area contributed by atoms with E-state index in [1.165, 1.54) is 16.9 Å². The lowest BCUT2D eigenvalue weighted by Crippen LogP contribution is -2.27. The van der Waals surface area contributed by atoms with E-state index in [4.69, 9.17) is 0 Å². The summed E-state index contributed by atoms with van der Waals surface area (Å²) >= 11 is 1.52. The Labute approximate surface area is 84.8 Å². The normalized spacial score (nSPS) is 15.7. The fourth-order valence-electron chi connectivity index (χ4n) is 2.00. The summed E-state index contributed by atoms with van der Waals surface area (Å²) in [5.41, 5.74) is 2.45. The molecule has 2 aromatic rings. The number of fused-ring (bicyclic) bond motifs is 3. The third-order valence-corrected chi connectivity index (χ3v) is 3.59. The molecule has 0 aliphatic carbocycles. The van der Waals surface area contributed by atoms with Gasteiger partial charge in [0.1, 0.15) is 0 Å². The van der Waals surface area contributed by atoms with Gasteiger partial charge in [0.25, 0.3) is 5.56 Å². The molecule has 0 fully saturated rings. The first-order valence-corrected chi connectivity index (χ1v) is 5.56. The maximum absolute atomic E-state index is 11.6. The van der Waals surface area contributed by atoms with Crippen molar-refractivity contribution in [2.24, 2.45) is 0 Å². The van der Waals surface area contributed by atoms with Crippen LogP contribution >= 0.6 is 11.3 Å². The van der Waals surface area contributed by atoms with Gasteiger partial charge in [-0.05, 0) is 17.0 Å². The van der Waals surface area contributed by atoms with E-state index in [-0.39, 0.29) is 5.56 Å². The SMILES string of the molecule is O=c1[nH]c2c(c3ccsc13)CNCC2. The Morgan fingerprint density at radius 3 is 3.29 bits per heavy atom. The molecule has 4 heteroatoms. The number of hydrogen-bond donors (Lipinski definition) is 2. The smallest absolute Gasteiger partial charge is 0.266 e. The highest BCUT2D eigenvalue weighted by molar-refractivity contribution is 7.17. The number of nitrogens with one attached hydrogen (secondary N) is 2. The molecule has 72 valence electrons. The Morgan fingerprint density at radius 1 is 1.43 bits per heavy atom. The fraction of sp³-hybridized carbons (Fsp3) is 0.300. The molecule has 3 rings (SSSR count). The fourth-order valence-corrected chi connectivity index (χ4v) is 2.81. The van der Waals surface area contributed by atoms with Gasteiger partial charge in [-0.2, -0.15) is 0 Å². The molecule has 0 radical (unpaired) electrons. The van der Waals surface area contributed by atoms with E-state index in [1.54, 1.807) is 0 Å². The van der Waals surface area contributed by atoms with Crippen LogP contribution in [0.2, 0.25) is 0 Å². The van der Waals surface area contributed by atoms with Crippen molar-refractivity contribution in [3.05, 3.63) is 33.1 Å². The zero-order valence-electron chi connectivity index (χ0n) is 7.59. The maximum Gasteiger partial charge on any atom is 0.266 e. The highest BCUT2D eigenvalue weighted by Crippen LogP contribution is 2.24. The lowest BCUT2D eigenvalue weighted by molar-refractivity contribution is 0.634. The van der Waals surface area contributed by atoms with Gasteiger partial charge < -0.3 is 10.3 Å². The standard InChI is InChI=1S/C10H10N2OS/c13-10-9-6(2-4-14-9)7-5-11-3-1-8(7)12-10/h2,4,11H,1,3,5H2,(H,12,13). The second-order valence-electron chi connectivity index (χ2n) is 3.50. The first-order chi connectivity index (χ1) is 6.86. The molecule has 14 heavy (non-hydrogen) atoms. The lowest BCUT2D eigenvalue weighted by Gasteiger charge is -2.17. The highest BCUT2D eigenvalue weighted by Gasteiger charge is 2.14. The molecule has 0 amide bonds. The number of pyridine rings is 1. The zero-order chi connectivity index (χ0) is 9.54. The third-order valence-electron chi connectivity index (χ3n) is 2.68. The third kappa shape index (κ3) is 1.04. The quantitative estimate of drug-likeness (QED) is 0.681. The molecule has 0 aromatic carbocycles. The number of rotatable bonds is 0. The molecule has 3 heterocycles. The summed E-state index contributed by atoms with van der Waals surface area (Å²) in [7, 11) is 0. The summed E-state index contributed by atoms with van der Waals surface area (Å²) < 4.78 is 0.854. The molecular formula is C10H10N2OS. The molecule has 2 aromatic heterocycles. The van der Waals surface area contributed by atoms with E-state index in [2.05, 4.69) is 10.3 Å². The van der Waals surface area contributed by atoms with Crippen molar-refractivity contribution in [2.45, 2.75) is 13.0 Å². The number of aromatic amines is 1. The van der Waals surface area contributed by atoms with Crippen LogP contribution in [0, 0.1) is 0 Å². The van der Waals surface area contributed by atoms with Crippen LogP contribution in [0.4, 0.5) is 0 Å². The van der Waals surface area contributed by atoms with E-state index in [1.807, 2.05) is 11.4 Å². The average molecular weight is 206 g/mol. The molecule has 1 aliphatic heterocycles. The minimum Gasteiger partial charge on any atom is -0.325 e. The van der Waals surface area contributed by atoms with Crippen molar-refractivity contribution in [3.8, 4) is 0 Å². The van der Waals surface area contributed by atoms with Gasteiger partial charge in [0.15, 0.2) is 0 Å². The van der Waals surface area contributed by atoms with Crippen LogP contribution in [0.1, 0.15) is 11.3 Å². The molecule has 0 unspecified atom stereocenters. The summed E-state index contributed by atoms with van der Waals surface area (Å²) in [6.45, 7) is 1.83. The Morgan fingerprint density at radius 2 is 2.36 bits per heavy atom. The predicted octanol–water partition coefficient (Wildman–Crippen LogP) is 1.24. The average Bonchev–Trinajstić information content (AvgIpc) is 2.67. The van der Waals surface area contributed by atoms with Crippen LogP contribution in [-0.4, -0.2) is 11.5 Å². The van der Waals surface area contributed by atoms with Crippen molar-refractivity contribution in [3.63, 3.8) is 0 Å². The van der Waals surface area contributed by atoms with Crippen LogP contribution in [0.25, 0.3) is 10.1 Å². The number of thiophene rings is 1. The van der Waals surface area contributed by atoms with Gasteiger partial charge >= 0.3 is 0 Å². The minimum atomic E-state index is 0.0654. The van der Waals surface area contributed by atoms with Crippen molar-refractivity contribution < 1.29 is 0 Å². The molecule has 0 spiro atoms. The number of aromatic nitrogens is 1. The molecule has 0 atom stereocenters. The summed E-state index contributed by atoms with van der Waals surface area (Å²) in [4.78, 5) is 14.6. The van der Waals surface area contributed by atoms with Crippen LogP contribution < -0.4 is 10.9 Å². The highest BCUT2D eigenvalue weighted by atomic mass is 32.1. The Balaban J connectivity index is 2.44. The first kappa shape index (κ1) is 8.20. The van der Waals surface area contributed by atoms with Crippen LogP contribution in [0.5, 0.6) is 0 Å². The summed E-state index contributed by atoms with van der Waals surface area (Å²) in [5, 5.41) is 6.43. The van der Waals surface area contributed by atoms with E-state index in [0.29, 0.717) is 0 Å². The van der Waals surface area contributed by atoms with Crippen molar-refractivity contribution in [1.82, 2.24) is 10.3 Å². The largest absolute Gasteiger partial charge is 0.325 e. The molecular weight excluding hydrogens is 196 g/mol. The van der Waals surface area contributed by atoms with Gasteiger partial charge in [0.2, 0.25) is 0 Å². The topological polar surface area (TPSA) is 44.9 Å². The van der Waals surface area contributed by atoms with Crippen molar-refractivity contribution >= 4 is 21.4 Å². The lowest BCUT2D eigenvalue weighted by atomic mass is 10.0. The zero-order valence-corrected chi connectivity index (χ0v) is 8.41. The molecule has 2 N–H and O–H groups in total. The summed E-state index contributed by atoms with van der Waals surface area (Å²) in [6, 6.07) is 2.04. The van der Waals surface area contributed by atoms with Crippen LogP contribution in [0.3, 0.4) is 0 Å². The van der Waals surface area contributed by atoms with Gasteiger partial charge in [-0.3, -0.25) is 4.79 Å². The Kier molecular flexibility index (Phi) is 1.72. The van der Waals surface area contributed by atoms with Crippen LogP contribution in [-0.2, 0) is 13.0 Å². The first-order valence-electron chi connectivity index (χ1n) is 4.68. The van der Waals surface area contributed by atoms with Gasteiger partial charge in [0, 0.05) is 30.6 Å². The van der Waals surface area contributed by atoms with E-state index in [9.17, 15) is 4.79 Å². The van der Waals surface area contributed by atoms with Crippen LogP contribution in [0.15, 0.2) is 16.2 Å². The van der Waals surface area contributed by atoms with Crippen molar-refractivity contribution in [1.29, 1.82) is 0 Å². The van der Waals surface area contributed by atoms with Gasteiger partial charge in [-0.1, -0.05) is 0 Å². The molecule has 0 bridgehead atoms. The Bertz CT molecular complexity index is 541. The molecule has 1 aliphatic rings. The van der Waals surface area contributed by atoms with Gasteiger partial charge in [-0.25, -0.2) is 0 Å². The van der Waals surface area contributed by atoms with E-state index >= 15 is 0 Å². The second kappa shape index (κ2) is 2.93. The summed E-state index contributed by atoms with van der Waals surface area (Å²) in [5.74, 6) is 0. The molecule has 3 nitrogen and oxygen atoms in total. The minimum absolute atomic E-state index is 0.0654. The molecule has 0 saturated carbocycles. The van der Waals surface area contributed by atoms with E-state index in [0.717, 1.165) is 35.3 Å². The monoisotopic (exact) mass is 206 g/mol. The Hall–Kier alpha value is -1.13. The summed E-state index contributed by atoms with van der Waals surface area (Å²) in [6.07, 6.45) is 0.927. The number of H-pyrrole nitrogens is 1. The van der Waals surface area contributed by atoms with Gasteiger partial charge in [-0.15, -0.1) is 11.3 Å². The second-order valence-corrected chi connectivity index (χ2v) is 4.42. The maximum atomic E-state index is 11.6. The van der Waals surface area contributed by atoms with Gasteiger partial charge in [0.05, 0.1) is 4.70 Å². The predicted molar refractivity (Wildman–Crippen MR) is 57.9 cm³/mol. The van der Waals surface area contributed by atoms with Crippen molar-refractivity contribution in [2.75, 3.05) is 6.54 Å². The number of hydrogen-bond acceptors (Lipinski definition) is 3. The van der Waals surface area contributed by atoms with E-state index < -0.39 is 0 Å².